The number of rotatable bonds is 10. The van der Waals surface area contributed by atoms with E-state index in [1.807, 2.05) is 38.1 Å². The predicted octanol–water partition coefficient (Wildman–Crippen LogP) is 3.47. The van der Waals surface area contributed by atoms with Crippen molar-refractivity contribution in [2.75, 3.05) is 23.7 Å². The third-order valence-corrected chi connectivity index (χ3v) is 6.92. The molecule has 0 saturated carbocycles. The second-order valence-electron chi connectivity index (χ2n) is 7.64. The van der Waals surface area contributed by atoms with Crippen LogP contribution in [0.15, 0.2) is 53.0 Å². The fourth-order valence-corrected chi connectivity index (χ4v) is 4.68. The van der Waals surface area contributed by atoms with E-state index < -0.39 is 28.5 Å². The number of nitrogens with zero attached hydrogens (tertiary/aromatic N) is 2. The standard InChI is InChI=1S/C23H30BrN3O4S/c1-5-14-25-23(29)18(3)26(15-19-11-7-6-10-17(19)2)22(28)16-27(32(4,30)31)21-13-9-8-12-20(21)24/h6-13,18H,5,14-16H2,1-4H3,(H,25,29). The van der Waals surface area contributed by atoms with Crippen molar-refractivity contribution in [3.8, 4) is 0 Å². The molecule has 0 heterocycles. The van der Waals surface area contributed by atoms with Crippen molar-refractivity contribution in [2.24, 2.45) is 0 Å². The van der Waals surface area contributed by atoms with Gasteiger partial charge >= 0.3 is 0 Å². The zero-order valence-corrected chi connectivity index (χ0v) is 21.2. The number of halogens is 1. The average molecular weight is 524 g/mol. The highest BCUT2D eigenvalue weighted by Gasteiger charge is 2.30. The number of benzene rings is 2. The number of nitrogens with one attached hydrogen (secondary N) is 1. The fourth-order valence-electron chi connectivity index (χ4n) is 3.20. The lowest BCUT2D eigenvalue weighted by molar-refractivity contribution is -0.139. The number of amides is 2. The van der Waals surface area contributed by atoms with Gasteiger partial charge in [0.2, 0.25) is 21.8 Å². The summed E-state index contributed by atoms with van der Waals surface area (Å²) in [7, 11) is -3.75. The monoisotopic (exact) mass is 523 g/mol. The van der Waals surface area contributed by atoms with E-state index in [1.165, 1.54) is 4.90 Å². The Morgan fingerprint density at radius 1 is 1.09 bits per heavy atom. The topological polar surface area (TPSA) is 86.8 Å². The Hall–Kier alpha value is -2.39. The van der Waals surface area contributed by atoms with Crippen LogP contribution >= 0.6 is 15.9 Å². The van der Waals surface area contributed by atoms with E-state index in [4.69, 9.17) is 0 Å². The third kappa shape index (κ3) is 6.80. The lowest BCUT2D eigenvalue weighted by Crippen LogP contribution is -2.51. The van der Waals surface area contributed by atoms with E-state index in [-0.39, 0.29) is 12.5 Å². The van der Waals surface area contributed by atoms with Crippen LogP contribution < -0.4 is 9.62 Å². The third-order valence-electron chi connectivity index (χ3n) is 5.12. The van der Waals surface area contributed by atoms with Crippen LogP contribution in [-0.2, 0) is 26.2 Å². The first-order valence-corrected chi connectivity index (χ1v) is 13.0. The van der Waals surface area contributed by atoms with E-state index >= 15 is 0 Å². The molecule has 174 valence electrons. The summed E-state index contributed by atoms with van der Waals surface area (Å²) in [6.07, 6.45) is 1.83. The molecule has 0 aliphatic rings. The van der Waals surface area contributed by atoms with Crippen molar-refractivity contribution in [2.45, 2.75) is 39.8 Å². The Bertz CT molecular complexity index is 1060. The van der Waals surface area contributed by atoms with Gasteiger partial charge in [0.15, 0.2) is 0 Å². The maximum Gasteiger partial charge on any atom is 0.244 e. The quantitative estimate of drug-likeness (QED) is 0.516. The number of anilines is 1. The first-order chi connectivity index (χ1) is 15.1. The molecule has 0 aliphatic carbocycles. The molecule has 2 aromatic carbocycles. The molecule has 1 unspecified atom stereocenters. The maximum atomic E-state index is 13.4. The Morgan fingerprint density at radius 2 is 1.72 bits per heavy atom. The number of hydrogen-bond donors (Lipinski definition) is 1. The Balaban J connectivity index is 2.40. The van der Waals surface area contributed by atoms with Crippen LogP contribution in [0.2, 0.25) is 0 Å². The molecule has 2 rings (SSSR count). The molecule has 32 heavy (non-hydrogen) atoms. The van der Waals surface area contributed by atoms with E-state index in [1.54, 1.807) is 31.2 Å². The van der Waals surface area contributed by atoms with Crippen LogP contribution in [0.4, 0.5) is 5.69 Å². The highest BCUT2D eigenvalue weighted by molar-refractivity contribution is 9.10. The minimum atomic E-state index is -3.75. The van der Waals surface area contributed by atoms with Crippen molar-refractivity contribution in [1.29, 1.82) is 0 Å². The van der Waals surface area contributed by atoms with Gasteiger partial charge in [-0.05, 0) is 59.5 Å². The van der Waals surface area contributed by atoms with Gasteiger partial charge in [-0.3, -0.25) is 13.9 Å². The van der Waals surface area contributed by atoms with Crippen LogP contribution in [0.25, 0.3) is 0 Å². The molecule has 0 saturated heterocycles. The Labute approximate surface area is 199 Å². The molecular weight excluding hydrogens is 494 g/mol. The summed E-state index contributed by atoms with van der Waals surface area (Å²) < 4.78 is 26.7. The Morgan fingerprint density at radius 3 is 2.31 bits per heavy atom. The van der Waals surface area contributed by atoms with Crippen LogP contribution in [0, 0.1) is 6.92 Å². The number of aryl methyl sites for hydroxylation is 1. The van der Waals surface area contributed by atoms with Crippen LogP contribution in [0.3, 0.4) is 0 Å². The van der Waals surface area contributed by atoms with Gasteiger partial charge in [-0.15, -0.1) is 0 Å². The smallest absolute Gasteiger partial charge is 0.244 e. The summed E-state index contributed by atoms with van der Waals surface area (Å²) in [5.41, 5.74) is 2.24. The molecule has 2 aromatic rings. The van der Waals surface area contributed by atoms with Gasteiger partial charge in [0.05, 0.1) is 11.9 Å². The summed E-state index contributed by atoms with van der Waals surface area (Å²) in [6, 6.07) is 13.6. The molecule has 7 nitrogen and oxygen atoms in total. The fraction of sp³-hybridized carbons (Fsp3) is 0.391. The van der Waals surface area contributed by atoms with Crippen molar-refractivity contribution < 1.29 is 18.0 Å². The lowest BCUT2D eigenvalue weighted by atomic mass is 10.1. The van der Waals surface area contributed by atoms with Gasteiger partial charge in [0.25, 0.3) is 0 Å². The molecule has 1 N–H and O–H groups in total. The van der Waals surface area contributed by atoms with E-state index in [0.29, 0.717) is 16.7 Å². The highest BCUT2D eigenvalue weighted by Crippen LogP contribution is 2.28. The van der Waals surface area contributed by atoms with E-state index in [0.717, 1.165) is 28.1 Å². The largest absolute Gasteiger partial charge is 0.354 e. The first-order valence-electron chi connectivity index (χ1n) is 10.4. The molecule has 0 fully saturated rings. The predicted molar refractivity (Wildman–Crippen MR) is 131 cm³/mol. The van der Waals surface area contributed by atoms with Crippen molar-refractivity contribution in [3.05, 3.63) is 64.1 Å². The summed E-state index contributed by atoms with van der Waals surface area (Å²) in [6.45, 7) is 5.82. The first kappa shape index (κ1) is 25.9. The van der Waals surface area contributed by atoms with Crippen molar-refractivity contribution >= 4 is 43.5 Å². The number of carbonyl (C=O) groups excluding carboxylic acids is 2. The summed E-state index contributed by atoms with van der Waals surface area (Å²) >= 11 is 3.37. The summed E-state index contributed by atoms with van der Waals surface area (Å²) in [5.74, 6) is -0.742. The SMILES string of the molecule is CCCNC(=O)C(C)N(Cc1ccccc1C)C(=O)CN(c1ccccc1Br)S(C)(=O)=O. The molecule has 2 amide bonds. The number of hydrogen-bond acceptors (Lipinski definition) is 4. The normalized spacial score (nSPS) is 12.2. The van der Waals surface area contributed by atoms with Crippen molar-refractivity contribution in [3.63, 3.8) is 0 Å². The second kappa shape index (κ2) is 11.5. The number of carbonyl (C=O) groups is 2. The molecule has 0 spiro atoms. The zero-order chi connectivity index (χ0) is 23.9. The van der Waals surface area contributed by atoms with Gasteiger partial charge in [0, 0.05) is 17.6 Å². The van der Waals surface area contributed by atoms with Gasteiger partial charge in [0.1, 0.15) is 12.6 Å². The lowest BCUT2D eigenvalue weighted by Gasteiger charge is -2.32. The molecule has 0 radical (unpaired) electrons. The van der Waals surface area contributed by atoms with Crippen LogP contribution in [-0.4, -0.2) is 50.5 Å². The molecule has 0 aromatic heterocycles. The van der Waals surface area contributed by atoms with Crippen LogP contribution in [0.5, 0.6) is 0 Å². The van der Waals surface area contributed by atoms with E-state index in [2.05, 4.69) is 21.2 Å². The summed E-state index contributed by atoms with van der Waals surface area (Å²) in [4.78, 5) is 27.6. The van der Waals surface area contributed by atoms with Gasteiger partial charge in [-0.2, -0.15) is 0 Å². The minimum Gasteiger partial charge on any atom is -0.354 e. The van der Waals surface area contributed by atoms with Crippen LogP contribution in [0.1, 0.15) is 31.4 Å². The molecule has 9 heteroatoms. The minimum absolute atomic E-state index is 0.194. The number of sulfonamides is 1. The Kier molecular flexibility index (Phi) is 9.27. The summed E-state index contributed by atoms with van der Waals surface area (Å²) in [5, 5.41) is 2.82. The van der Waals surface area contributed by atoms with Crippen molar-refractivity contribution in [1.82, 2.24) is 10.2 Å². The molecule has 0 bridgehead atoms. The molecule has 0 aliphatic heterocycles. The average Bonchev–Trinajstić information content (AvgIpc) is 2.74. The van der Waals surface area contributed by atoms with Gasteiger partial charge in [-0.1, -0.05) is 43.3 Å². The molecule has 1 atom stereocenters. The van der Waals surface area contributed by atoms with Gasteiger partial charge < -0.3 is 10.2 Å². The number of para-hydroxylation sites is 1. The molecular formula is C23H30BrN3O4S. The maximum absolute atomic E-state index is 13.4. The van der Waals surface area contributed by atoms with Gasteiger partial charge in [-0.25, -0.2) is 8.42 Å². The van der Waals surface area contributed by atoms with E-state index in [9.17, 15) is 18.0 Å². The second-order valence-corrected chi connectivity index (χ2v) is 10.4. The highest BCUT2D eigenvalue weighted by atomic mass is 79.9. The zero-order valence-electron chi connectivity index (χ0n) is 18.8.